The van der Waals surface area contributed by atoms with Crippen molar-refractivity contribution in [1.82, 2.24) is 9.36 Å². The maximum Gasteiger partial charge on any atom is 0.278 e. The van der Waals surface area contributed by atoms with Crippen LogP contribution in [-0.2, 0) is 17.8 Å². The molecule has 1 aliphatic rings. The molecule has 1 N–H and O–H groups in total. The Kier molecular flexibility index (Phi) is 6.09. The minimum atomic E-state index is -0.315. The molecule has 0 radical (unpaired) electrons. The highest BCUT2D eigenvalue weighted by molar-refractivity contribution is 6.31. The van der Waals surface area contributed by atoms with Crippen LogP contribution < -0.4 is 20.3 Å². The van der Waals surface area contributed by atoms with E-state index < -0.39 is 0 Å². The number of hydrogen-bond donors (Lipinski definition) is 1. The Balaban J connectivity index is 1.59. The number of anilines is 1. The lowest BCUT2D eigenvalue weighted by Gasteiger charge is -2.21. The number of nitrogens with one attached hydrogen (secondary N) is 1. The van der Waals surface area contributed by atoms with E-state index >= 15 is 0 Å². The van der Waals surface area contributed by atoms with Crippen LogP contribution in [0, 0.1) is 6.92 Å². The van der Waals surface area contributed by atoms with Crippen molar-refractivity contribution in [2.75, 3.05) is 11.9 Å². The summed E-state index contributed by atoms with van der Waals surface area (Å²) in [6.07, 6.45) is 0.374. The van der Waals surface area contributed by atoms with Gasteiger partial charge in [-0.05, 0) is 49.7 Å². The molecule has 1 aliphatic heterocycles. The second-order valence-electron chi connectivity index (χ2n) is 8.26. The molecular weight excluding hydrogens is 466 g/mol. The Hall–Kier alpha value is -3.97. The van der Waals surface area contributed by atoms with Gasteiger partial charge in [-0.25, -0.2) is 9.36 Å². The third-order valence-corrected chi connectivity index (χ3v) is 6.11. The van der Waals surface area contributed by atoms with E-state index in [1.807, 2.05) is 68.4 Å². The van der Waals surface area contributed by atoms with E-state index in [9.17, 15) is 9.59 Å². The van der Waals surface area contributed by atoms with Gasteiger partial charge in [-0.15, -0.1) is 0 Å². The van der Waals surface area contributed by atoms with E-state index in [1.165, 1.54) is 4.68 Å². The highest BCUT2D eigenvalue weighted by atomic mass is 35.5. The molecule has 0 aliphatic carbocycles. The molecule has 178 valence electrons. The van der Waals surface area contributed by atoms with Gasteiger partial charge >= 0.3 is 0 Å². The van der Waals surface area contributed by atoms with Gasteiger partial charge in [-0.2, -0.15) is 0 Å². The van der Waals surface area contributed by atoms with Crippen molar-refractivity contribution in [3.05, 3.63) is 98.8 Å². The molecule has 0 saturated heterocycles. The first-order valence-electron chi connectivity index (χ1n) is 11.3. The lowest BCUT2D eigenvalue weighted by Crippen LogP contribution is -2.27. The Morgan fingerprint density at radius 1 is 1.11 bits per heavy atom. The van der Waals surface area contributed by atoms with Gasteiger partial charge in [0, 0.05) is 22.7 Å². The average molecular weight is 490 g/mol. The van der Waals surface area contributed by atoms with Gasteiger partial charge in [0.1, 0.15) is 6.54 Å². The molecule has 5 rings (SSSR count). The molecule has 1 amide bonds. The summed E-state index contributed by atoms with van der Waals surface area (Å²) in [6, 6.07) is 20.1. The summed E-state index contributed by atoms with van der Waals surface area (Å²) in [5.74, 6) is 1.18. The molecule has 0 unspecified atom stereocenters. The number of nitrogens with zero attached hydrogens (tertiary/aromatic N) is 2. The predicted octanol–water partition coefficient (Wildman–Crippen LogP) is 5.33. The van der Waals surface area contributed by atoms with Gasteiger partial charge in [0.2, 0.25) is 11.8 Å². The number of carbonyl (C=O) groups is 1. The first-order chi connectivity index (χ1) is 17.0. The fourth-order valence-corrected chi connectivity index (χ4v) is 4.41. The van der Waals surface area contributed by atoms with Crippen LogP contribution in [-0.4, -0.2) is 21.9 Å². The molecule has 0 atom stereocenters. The number of para-hydroxylation sites is 2. The number of halogens is 1. The zero-order valence-electron chi connectivity index (χ0n) is 19.4. The summed E-state index contributed by atoms with van der Waals surface area (Å²) in [5, 5.41) is 3.43. The van der Waals surface area contributed by atoms with Crippen LogP contribution in [0.15, 0.2) is 71.5 Å². The summed E-state index contributed by atoms with van der Waals surface area (Å²) < 4.78 is 15.1. The van der Waals surface area contributed by atoms with Crippen LogP contribution in [0.2, 0.25) is 5.02 Å². The van der Waals surface area contributed by atoms with E-state index in [0.717, 1.165) is 11.1 Å². The number of rotatable bonds is 6. The van der Waals surface area contributed by atoms with Gasteiger partial charge in [0.05, 0.1) is 17.9 Å². The molecule has 7 nitrogen and oxygen atoms in total. The summed E-state index contributed by atoms with van der Waals surface area (Å²) >= 11 is 6.12. The number of aromatic nitrogens is 2. The maximum absolute atomic E-state index is 13.6. The number of carbonyl (C=O) groups excluding carboxylic acids is 1. The smallest absolute Gasteiger partial charge is 0.278 e. The molecule has 8 heteroatoms. The van der Waals surface area contributed by atoms with Crippen LogP contribution in [0.25, 0.3) is 5.69 Å². The topological polar surface area (TPSA) is 74.5 Å². The summed E-state index contributed by atoms with van der Waals surface area (Å²) in [7, 11) is 0. The van der Waals surface area contributed by atoms with Crippen molar-refractivity contribution in [1.29, 1.82) is 0 Å². The molecular formula is C27H24ClN3O4. The predicted molar refractivity (Wildman–Crippen MR) is 135 cm³/mol. The van der Waals surface area contributed by atoms with Crippen LogP contribution in [0.5, 0.6) is 17.4 Å². The molecule has 0 spiro atoms. The molecule has 2 heterocycles. The lowest BCUT2D eigenvalue weighted by molar-refractivity contribution is -0.117. The molecule has 35 heavy (non-hydrogen) atoms. The number of aryl methyl sites for hydroxylation is 1. The molecule has 0 bridgehead atoms. The fourth-order valence-electron chi connectivity index (χ4n) is 4.24. The Morgan fingerprint density at radius 2 is 1.91 bits per heavy atom. The molecule has 4 aromatic rings. The summed E-state index contributed by atoms with van der Waals surface area (Å²) in [6.45, 7) is 4.12. The second kappa shape index (κ2) is 9.35. The quantitative estimate of drug-likeness (QED) is 0.349. The van der Waals surface area contributed by atoms with Gasteiger partial charge in [0.25, 0.3) is 5.56 Å². The van der Waals surface area contributed by atoms with Crippen LogP contribution >= 0.6 is 11.6 Å². The molecule has 0 saturated carbocycles. The first kappa shape index (κ1) is 22.8. The van der Waals surface area contributed by atoms with Crippen molar-refractivity contribution in [2.24, 2.45) is 0 Å². The number of benzene rings is 3. The average Bonchev–Trinajstić information content (AvgIpc) is 3.11. The monoisotopic (exact) mass is 489 g/mol. The third-order valence-electron chi connectivity index (χ3n) is 5.88. The SMILES string of the molecule is CCOc1cccc2c1Oc1c(c(=O)n(-c3ccccc3)n1CC(=O)Nc1cc(Cl)ccc1C)C2. The number of hydrogen-bond acceptors (Lipinski definition) is 4. The Bertz CT molecular complexity index is 1470. The van der Waals surface area contributed by atoms with E-state index in [2.05, 4.69) is 5.32 Å². The zero-order valence-corrected chi connectivity index (χ0v) is 20.1. The molecule has 1 aromatic heterocycles. The Morgan fingerprint density at radius 3 is 2.69 bits per heavy atom. The van der Waals surface area contributed by atoms with E-state index in [0.29, 0.717) is 52.4 Å². The van der Waals surface area contributed by atoms with E-state index in [-0.39, 0.29) is 18.0 Å². The largest absolute Gasteiger partial charge is 0.490 e. The van der Waals surface area contributed by atoms with E-state index in [4.69, 9.17) is 21.1 Å². The van der Waals surface area contributed by atoms with Crippen molar-refractivity contribution in [3.8, 4) is 23.1 Å². The van der Waals surface area contributed by atoms with Crippen LogP contribution in [0.4, 0.5) is 5.69 Å². The fraction of sp³-hybridized carbons (Fsp3) is 0.185. The van der Waals surface area contributed by atoms with Crippen LogP contribution in [0.1, 0.15) is 23.6 Å². The standard InChI is InChI=1S/C27H24ClN3O4/c1-3-34-23-11-7-8-18-14-21-26(33)31(20-9-5-4-6-10-20)30(27(21)35-25(18)23)16-24(32)29-22-15-19(28)13-12-17(22)2/h4-13,15H,3,14,16H2,1-2H3,(H,29,32). The zero-order chi connectivity index (χ0) is 24.5. The van der Waals surface area contributed by atoms with Crippen molar-refractivity contribution in [2.45, 2.75) is 26.8 Å². The summed E-state index contributed by atoms with van der Waals surface area (Å²) in [5.41, 5.74) is 3.24. The number of fused-ring (bicyclic) bond motifs is 2. The van der Waals surface area contributed by atoms with Crippen molar-refractivity contribution < 1.29 is 14.3 Å². The van der Waals surface area contributed by atoms with Gasteiger partial charge < -0.3 is 14.8 Å². The third kappa shape index (κ3) is 4.31. The minimum Gasteiger partial charge on any atom is -0.490 e. The van der Waals surface area contributed by atoms with Crippen LogP contribution in [0.3, 0.4) is 0 Å². The molecule has 0 fully saturated rings. The lowest BCUT2D eigenvalue weighted by atomic mass is 10.0. The maximum atomic E-state index is 13.6. The first-order valence-corrected chi connectivity index (χ1v) is 11.7. The normalized spacial score (nSPS) is 11.9. The van der Waals surface area contributed by atoms with E-state index in [1.54, 1.807) is 16.8 Å². The van der Waals surface area contributed by atoms with Gasteiger partial charge in [-0.1, -0.05) is 48.0 Å². The highest BCUT2D eigenvalue weighted by Crippen LogP contribution is 2.42. The highest BCUT2D eigenvalue weighted by Gasteiger charge is 2.30. The van der Waals surface area contributed by atoms with Crippen molar-refractivity contribution >= 4 is 23.2 Å². The number of amides is 1. The minimum absolute atomic E-state index is 0.141. The summed E-state index contributed by atoms with van der Waals surface area (Å²) in [4.78, 5) is 26.7. The van der Waals surface area contributed by atoms with Gasteiger partial charge in [-0.3, -0.25) is 9.59 Å². The molecule has 3 aromatic carbocycles. The number of ether oxygens (including phenoxy) is 2. The van der Waals surface area contributed by atoms with Crippen molar-refractivity contribution in [3.63, 3.8) is 0 Å². The Labute approximate surface area is 207 Å². The van der Waals surface area contributed by atoms with Gasteiger partial charge in [0.15, 0.2) is 11.5 Å². The second-order valence-corrected chi connectivity index (χ2v) is 8.69.